The molecule has 0 aromatic carbocycles. The number of hydrogen-bond donors (Lipinski definition) is 3. The zero-order chi connectivity index (χ0) is 13.8. The van der Waals surface area contributed by atoms with Crippen LogP contribution in [0.4, 0.5) is 4.79 Å². The van der Waals surface area contributed by atoms with Gasteiger partial charge in [0.05, 0.1) is 0 Å². The van der Waals surface area contributed by atoms with Crippen LogP contribution < -0.4 is 11.1 Å². The number of carbonyl (C=O) groups excluding carboxylic acids is 1. The molecule has 1 heterocycles. The van der Waals surface area contributed by atoms with Gasteiger partial charge in [-0.1, -0.05) is 11.2 Å². The molecular weight excluding hydrogens is 254 g/mol. The Hall–Kier alpha value is -1.76. The highest BCUT2D eigenvalue weighted by Gasteiger charge is 2.23. The molecule has 100 valence electrons. The second-order valence-electron chi connectivity index (χ2n) is 4.62. The highest BCUT2D eigenvalue weighted by atomic mass is 32.1. The molecule has 1 unspecified atom stereocenters. The number of alkyl carbamates (subject to hydrolysis) is 1. The van der Waals surface area contributed by atoms with E-state index in [2.05, 4.69) is 10.5 Å². The lowest BCUT2D eigenvalue weighted by atomic mass is 10.2. The van der Waals surface area contributed by atoms with E-state index in [9.17, 15) is 4.79 Å². The quantitative estimate of drug-likeness (QED) is 0.339. The van der Waals surface area contributed by atoms with Gasteiger partial charge < -0.3 is 21.0 Å². The van der Waals surface area contributed by atoms with Gasteiger partial charge in [-0.3, -0.25) is 0 Å². The van der Waals surface area contributed by atoms with Crippen LogP contribution in [0.2, 0.25) is 0 Å². The summed E-state index contributed by atoms with van der Waals surface area (Å²) in [6.45, 7) is 5.28. The number of nitrogens with one attached hydrogen (secondary N) is 1. The van der Waals surface area contributed by atoms with Crippen molar-refractivity contribution in [2.45, 2.75) is 32.4 Å². The Morgan fingerprint density at radius 3 is 2.72 bits per heavy atom. The topological polar surface area (TPSA) is 96.9 Å². The molecule has 7 heteroatoms. The minimum Gasteiger partial charge on any atom is -0.444 e. The van der Waals surface area contributed by atoms with E-state index in [0.717, 1.165) is 4.88 Å². The molecule has 0 aliphatic heterocycles. The van der Waals surface area contributed by atoms with Crippen LogP contribution >= 0.6 is 11.3 Å². The summed E-state index contributed by atoms with van der Waals surface area (Å²) in [7, 11) is 0. The van der Waals surface area contributed by atoms with E-state index in [0.29, 0.717) is 0 Å². The largest absolute Gasteiger partial charge is 0.444 e. The van der Waals surface area contributed by atoms with Crippen LogP contribution in [0.15, 0.2) is 22.7 Å². The van der Waals surface area contributed by atoms with Crippen molar-refractivity contribution < 1.29 is 14.7 Å². The van der Waals surface area contributed by atoms with Gasteiger partial charge in [-0.2, -0.15) is 0 Å². The molecule has 0 aliphatic carbocycles. The van der Waals surface area contributed by atoms with E-state index >= 15 is 0 Å². The normalized spacial score (nSPS) is 14.1. The summed E-state index contributed by atoms with van der Waals surface area (Å²) < 4.78 is 5.12. The first kappa shape index (κ1) is 14.3. The predicted octanol–water partition coefficient (Wildman–Crippen LogP) is 2.06. The molecule has 1 rings (SSSR count). The van der Waals surface area contributed by atoms with Gasteiger partial charge in [-0.05, 0) is 32.2 Å². The number of carbonyl (C=O) groups is 1. The van der Waals surface area contributed by atoms with E-state index in [1.165, 1.54) is 11.3 Å². The molecule has 6 nitrogen and oxygen atoms in total. The van der Waals surface area contributed by atoms with Crippen molar-refractivity contribution in [3.05, 3.63) is 22.4 Å². The number of amides is 1. The molecular formula is C11H17N3O3S. The van der Waals surface area contributed by atoms with E-state index in [-0.39, 0.29) is 5.84 Å². The molecule has 0 bridgehead atoms. The van der Waals surface area contributed by atoms with Crippen LogP contribution in [0.1, 0.15) is 31.7 Å². The zero-order valence-corrected chi connectivity index (χ0v) is 11.3. The summed E-state index contributed by atoms with van der Waals surface area (Å²) in [5.41, 5.74) is 4.95. The van der Waals surface area contributed by atoms with Crippen LogP contribution in [0.25, 0.3) is 0 Å². The Kier molecular flexibility index (Phi) is 4.55. The first-order valence-electron chi connectivity index (χ1n) is 5.34. The first-order valence-corrected chi connectivity index (χ1v) is 6.22. The maximum atomic E-state index is 11.7. The number of ether oxygens (including phenoxy) is 1. The van der Waals surface area contributed by atoms with Crippen molar-refractivity contribution in [2.24, 2.45) is 10.9 Å². The van der Waals surface area contributed by atoms with E-state index in [1.807, 2.05) is 11.4 Å². The molecule has 1 atom stereocenters. The summed E-state index contributed by atoms with van der Waals surface area (Å²) in [6, 6.07) is 2.91. The molecule has 0 fully saturated rings. The average Bonchev–Trinajstić information content (AvgIpc) is 2.75. The molecule has 0 spiro atoms. The van der Waals surface area contributed by atoms with E-state index in [1.54, 1.807) is 26.8 Å². The van der Waals surface area contributed by atoms with Crippen LogP contribution in [-0.4, -0.2) is 22.7 Å². The van der Waals surface area contributed by atoms with Gasteiger partial charge >= 0.3 is 6.09 Å². The van der Waals surface area contributed by atoms with Gasteiger partial charge in [0.1, 0.15) is 11.6 Å². The number of nitrogens with zero attached hydrogens (tertiary/aromatic N) is 1. The van der Waals surface area contributed by atoms with Gasteiger partial charge in [0, 0.05) is 4.88 Å². The van der Waals surface area contributed by atoms with Crippen molar-refractivity contribution in [2.75, 3.05) is 0 Å². The van der Waals surface area contributed by atoms with Crippen LogP contribution in [0, 0.1) is 0 Å². The Labute approximate surface area is 109 Å². The van der Waals surface area contributed by atoms with Crippen LogP contribution in [0.3, 0.4) is 0 Å². The highest BCUT2D eigenvalue weighted by Crippen LogP contribution is 2.20. The fourth-order valence-electron chi connectivity index (χ4n) is 1.23. The number of rotatable bonds is 3. The summed E-state index contributed by atoms with van der Waals surface area (Å²) in [5.74, 6) is -0.0942. The monoisotopic (exact) mass is 271 g/mol. The van der Waals surface area contributed by atoms with Crippen LogP contribution in [-0.2, 0) is 4.74 Å². The van der Waals surface area contributed by atoms with Gasteiger partial charge in [-0.25, -0.2) is 4.79 Å². The summed E-state index contributed by atoms with van der Waals surface area (Å²) >= 11 is 1.39. The molecule has 1 aromatic rings. The molecule has 1 aromatic heterocycles. The molecule has 4 N–H and O–H groups in total. The van der Waals surface area contributed by atoms with Crippen molar-refractivity contribution in [3.63, 3.8) is 0 Å². The Morgan fingerprint density at radius 1 is 1.61 bits per heavy atom. The standard InChI is InChI=1S/C11H17N3O3S/c1-11(2,3)17-10(15)13-8(9(12)14-16)7-5-4-6-18-7/h4-6,8,16H,1-3H3,(H2,12,14)(H,13,15). The third kappa shape index (κ3) is 4.25. The molecule has 0 saturated heterocycles. The fourth-order valence-corrected chi connectivity index (χ4v) is 2.02. The number of thiophene rings is 1. The smallest absolute Gasteiger partial charge is 0.408 e. The van der Waals surface area contributed by atoms with Crippen molar-refractivity contribution in [3.8, 4) is 0 Å². The molecule has 0 saturated carbocycles. The lowest BCUT2D eigenvalue weighted by Crippen LogP contribution is -2.40. The Balaban J connectivity index is 2.78. The minimum atomic E-state index is -0.690. The summed E-state index contributed by atoms with van der Waals surface area (Å²) in [6.07, 6.45) is -0.618. The van der Waals surface area contributed by atoms with Gasteiger partial charge in [0.15, 0.2) is 5.84 Å². The van der Waals surface area contributed by atoms with Crippen molar-refractivity contribution >= 4 is 23.3 Å². The van der Waals surface area contributed by atoms with E-state index in [4.69, 9.17) is 15.7 Å². The maximum absolute atomic E-state index is 11.7. The van der Waals surface area contributed by atoms with Crippen molar-refractivity contribution in [1.29, 1.82) is 0 Å². The molecule has 1 amide bonds. The van der Waals surface area contributed by atoms with Crippen LogP contribution in [0.5, 0.6) is 0 Å². The maximum Gasteiger partial charge on any atom is 0.408 e. The van der Waals surface area contributed by atoms with Gasteiger partial charge in [0.2, 0.25) is 0 Å². The fraction of sp³-hybridized carbons (Fsp3) is 0.455. The average molecular weight is 271 g/mol. The highest BCUT2D eigenvalue weighted by molar-refractivity contribution is 7.10. The van der Waals surface area contributed by atoms with Gasteiger partial charge in [0.25, 0.3) is 0 Å². The molecule has 0 radical (unpaired) electrons. The number of hydrogen-bond acceptors (Lipinski definition) is 5. The summed E-state index contributed by atoms with van der Waals surface area (Å²) in [4.78, 5) is 12.4. The molecule has 18 heavy (non-hydrogen) atoms. The van der Waals surface area contributed by atoms with E-state index < -0.39 is 17.7 Å². The number of amidine groups is 1. The van der Waals surface area contributed by atoms with Crippen molar-refractivity contribution in [1.82, 2.24) is 5.32 Å². The number of nitrogens with two attached hydrogens (primary N) is 1. The minimum absolute atomic E-state index is 0.0942. The third-order valence-electron chi connectivity index (χ3n) is 1.90. The van der Waals surface area contributed by atoms with Gasteiger partial charge in [-0.15, -0.1) is 11.3 Å². The first-order chi connectivity index (χ1) is 8.33. The number of oxime groups is 1. The third-order valence-corrected chi connectivity index (χ3v) is 2.84. The lowest BCUT2D eigenvalue weighted by molar-refractivity contribution is 0.0517. The second-order valence-corrected chi connectivity index (χ2v) is 5.60. The SMILES string of the molecule is CC(C)(C)OC(=O)NC(/C(N)=N/O)c1cccs1. The zero-order valence-electron chi connectivity index (χ0n) is 10.5. The Morgan fingerprint density at radius 2 is 2.28 bits per heavy atom. The Bertz CT molecular complexity index is 423. The predicted molar refractivity (Wildman–Crippen MR) is 69.8 cm³/mol. The summed E-state index contributed by atoms with van der Waals surface area (Å²) in [5, 5.41) is 16.0. The molecule has 0 aliphatic rings. The second kappa shape index (κ2) is 5.72. The lowest BCUT2D eigenvalue weighted by Gasteiger charge is -2.22.